The van der Waals surface area contributed by atoms with Crippen molar-refractivity contribution < 1.29 is 14.3 Å². The van der Waals surface area contributed by atoms with Crippen molar-refractivity contribution in [1.82, 2.24) is 5.32 Å². The molecule has 0 bridgehead atoms. The molecule has 1 N–H and O–H groups in total. The van der Waals surface area contributed by atoms with Crippen molar-refractivity contribution in [2.45, 2.75) is 0 Å². The molecule has 0 spiro atoms. The van der Waals surface area contributed by atoms with Crippen LogP contribution in [0.25, 0.3) is 0 Å². The third-order valence-corrected chi connectivity index (χ3v) is 4.08. The smallest absolute Gasteiger partial charge is 0.265 e. The summed E-state index contributed by atoms with van der Waals surface area (Å²) in [4.78, 5) is 28.0. The van der Waals surface area contributed by atoms with Gasteiger partial charge in [-0.15, -0.1) is 0 Å². The highest BCUT2D eigenvalue weighted by Gasteiger charge is 2.24. The molecule has 6 heteroatoms. The molecule has 1 heterocycles. The number of fused-ring (bicyclic) bond motifs is 1. The number of carbonyl (C=O) groups excluding carboxylic acids is 2. The molecule has 1 aliphatic heterocycles. The second-order valence-electron chi connectivity index (χ2n) is 6.00. The van der Waals surface area contributed by atoms with Crippen molar-refractivity contribution in [2.24, 2.45) is 0 Å². The van der Waals surface area contributed by atoms with Crippen LogP contribution in [-0.4, -0.2) is 45.6 Å². The van der Waals surface area contributed by atoms with Gasteiger partial charge in [0.25, 0.3) is 11.8 Å². The zero-order valence-electron chi connectivity index (χ0n) is 14.4. The minimum atomic E-state index is -0.153. The van der Waals surface area contributed by atoms with Crippen LogP contribution < -0.4 is 19.9 Å². The van der Waals surface area contributed by atoms with E-state index in [0.29, 0.717) is 24.4 Å². The molecule has 2 aromatic rings. The Balaban J connectivity index is 1.59. The Bertz CT molecular complexity index is 772. The number of rotatable bonds is 5. The van der Waals surface area contributed by atoms with Gasteiger partial charge in [-0.05, 0) is 36.4 Å². The van der Waals surface area contributed by atoms with Gasteiger partial charge in [-0.3, -0.25) is 9.59 Å². The lowest BCUT2D eigenvalue weighted by Crippen LogP contribution is -2.43. The average Bonchev–Trinajstić information content (AvgIpc) is 2.63. The number of hydrogen-bond donors (Lipinski definition) is 1. The SMILES string of the molecule is CN(C)c1ccc(C(=O)NCCN2C(=O)COc3ccccc32)cc1. The molecule has 0 fully saturated rings. The van der Waals surface area contributed by atoms with E-state index in [9.17, 15) is 9.59 Å². The summed E-state index contributed by atoms with van der Waals surface area (Å²) in [5.74, 6) is 0.426. The van der Waals surface area contributed by atoms with Gasteiger partial charge in [0.2, 0.25) is 0 Å². The van der Waals surface area contributed by atoms with Crippen LogP contribution in [0.5, 0.6) is 5.75 Å². The third kappa shape index (κ3) is 3.74. The second kappa shape index (κ2) is 7.25. The van der Waals surface area contributed by atoms with Gasteiger partial charge in [0.05, 0.1) is 5.69 Å². The molecule has 130 valence electrons. The van der Waals surface area contributed by atoms with Crippen molar-refractivity contribution in [3.8, 4) is 5.75 Å². The van der Waals surface area contributed by atoms with E-state index in [-0.39, 0.29) is 18.4 Å². The minimum absolute atomic E-state index is 0.0248. The number of benzene rings is 2. The van der Waals surface area contributed by atoms with Crippen LogP contribution in [0.2, 0.25) is 0 Å². The minimum Gasteiger partial charge on any atom is -0.482 e. The van der Waals surface area contributed by atoms with Crippen LogP contribution in [0.4, 0.5) is 11.4 Å². The van der Waals surface area contributed by atoms with E-state index in [4.69, 9.17) is 4.74 Å². The number of nitrogens with zero attached hydrogens (tertiary/aromatic N) is 2. The summed E-state index contributed by atoms with van der Waals surface area (Å²) in [6.07, 6.45) is 0. The van der Waals surface area contributed by atoms with Crippen LogP contribution >= 0.6 is 0 Å². The average molecular weight is 339 g/mol. The van der Waals surface area contributed by atoms with E-state index in [2.05, 4.69) is 5.32 Å². The summed E-state index contributed by atoms with van der Waals surface area (Å²) in [5, 5.41) is 2.86. The van der Waals surface area contributed by atoms with Crippen molar-refractivity contribution in [2.75, 3.05) is 43.6 Å². The Morgan fingerprint density at radius 2 is 1.88 bits per heavy atom. The monoisotopic (exact) mass is 339 g/mol. The highest BCUT2D eigenvalue weighted by atomic mass is 16.5. The molecule has 0 aromatic heterocycles. The topological polar surface area (TPSA) is 61.9 Å². The number of para-hydroxylation sites is 2. The molecule has 0 aliphatic carbocycles. The number of amides is 2. The molecule has 3 rings (SSSR count). The lowest BCUT2D eigenvalue weighted by Gasteiger charge is -2.29. The quantitative estimate of drug-likeness (QED) is 0.904. The lowest BCUT2D eigenvalue weighted by molar-refractivity contribution is -0.121. The van der Waals surface area contributed by atoms with Crippen LogP contribution in [0.15, 0.2) is 48.5 Å². The normalized spacial score (nSPS) is 13.0. The Kier molecular flexibility index (Phi) is 4.88. The molecular weight excluding hydrogens is 318 g/mol. The highest BCUT2D eigenvalue weighted by molar-refractivity contribution is 5.98. The van der Waals surface area contributed by atoms with E-state index in [1.165, 1.54) is 0 Å². The molecule has 25 heavy (non-hydrogen) atoms. The van der Waals surface area contributed by atoms with E-state index in [0.717, 1.165) is 11.4 Å². The summed E-state index contributed by atoms with van der Waals surface area (Å²) >= 11 is 0. The number of carbonyl (C=O) groups is 2. The summed E-state index contributed by atoms with van der Waals surface area (Å²) in [6, 6.07) is 14.8. The number of hydrogen-bond acceptors (Lipinski definition) is 4. The van der Waals surface area contributed by atoms with Gasteiger partial charge in [0.15, 0.2) is 6.61 Å². The van der Waals surface area contributed by atoms with Crippen molar-refractivity contribution in [3.63, 3.8) is 0 Å². The third-order valence-electron chi connectivity index (χ3n) is 4.08. The predicted octanol–water partition coefficient (Wildman–Crippen LogP) is 1.91. The zero-order chi connectivity index (χ0) is 17.8. The Labute approximate surface area is 147 Å². The largest absolute Gasteiger partial charge is 0.482 e. The second-order valence-corrected chi connectivity index (χ2v) is 6.00. The maximum Gasteiger partial charge on any atom is 0.265 e. The maximum absolute atomic E-state index is 12.2. The van der Waals surface area contributed by atoms with Gasteiger partial charge in [0, 0.05) is 38.4 Å². The summed E-state index contributed by atoms with van der Waals surface area (Å²) < 4.78 is 5.41. The molecule has 2 amide bonds. The van der Waals surface area contributed by atoms with Crippen molar-refractivity contribution in [3.05, 3.63) is 54.1 Å². The Morgan fingerprint density at radius 3 is 2.60 bits per heavy atom. The first-order valence-corrected chi connectivity index (χ1v) is 8.14. The molecule has 0 unspecified atom stereocenters. The fourth-order valence-electron chi connectivity index (χ4n) is 2.69. The van der Waals surface area contributed by atoms with Gasteiger partial charge in [0.1, 0.15) is 5.75 Å². The number of nitrogens with one attached hydrogen (secondary N) is 1. The molecule has 6 nitrogen and oxygen atoms in total. The summed E-state index contributed by atoms with van der Waals surface area (Å²) in [6.45, 7) is 0.798. The Hall–Kier alpha value is -3.02. The van der Waals surface area contributed by atoms with Crippen LogP contribution in [0, 0.1) is 0 Å². The summed E-state index contributed by atoms with van der Waals surface area (Å²) in [7, 11) is 3.90. The molecule has 1 aliphatic rings. The van der Waals surface area contributed by atoms with Crippen LogP contribution in [0.3, 0.4) is 0 Å². The summed E-state index contributed by atoms with van der Waals surface area (Å²) in [5.41, 5.74) is 2.37. The molecule has 0 saturated carbocycles. The van der Waals surface area contributed by atoms with Crippen LogP contribution in [0.1, 0.15) is 10.4 Å². The fraction of sp³-hybridized carbons (Fsp3) is 0.263. The lowest BCUT2D eigenvalue weighted by atomic mass is 10.2. The van der Waals surface area contributed by atoms with E-state index in [1.54, 1.807) is 17.0 Å². The number of anilines is 2. The van der Waals surface area contributed by atoms with Crippen molar-refractivity contribution in [1.29, 1.82) is 0 Å². The first kappa shape index (κ1) is 16.8. The van der Waals surface area contributed by atoms with E-state index < -0.39 is 0 Å². The van der Waals surface area contributed by atoms with E-state index in [1.807, 2.05) is 55.4 Å². The Morgan fingerprint density at radius 1 is 1.16 bits per heavy atom. The van der Waals surface area contributed by atoms with Gasteiger partial charge < -0.3 is 19.9 Å². The number of ether oxygens (including phenoxy) is 1. The highest BCUT2D eigenvalue weighted by Crippen LogP contribution is 2.30. The van der Waals surface area contributed by atoms with Gasteiger partial charge in [-0.25, -0.2) is 0 Å². The molecular formula is C19H21N3O3. The molecule has 0 saturated heterocycles. The van der Waals surface area contributed by atoms with E-state index >= 15 is 0 Å². The first-order chi connectivity index (χ1) is 12.1. The predicted molar refractivity (Wildman–Crippen MR) is 97.4 cm³/mol. The fourth-order valence-corrected chi connectivity index (χ4v) is 2.69. The standard InChI is InChI=1S/C19H21N3O3/c1-21(2)15-9-7-14(8-10-15)19(24)20-11-12-22-16-5-3-4-6-17(16)25-13-18(22)23/h3-10H,11-13H2,1-2H3,(H,20,24). The van der Waals surface area contributed by atoms with Crippen molar-refractivity contribution >= 4 is 23.2 Å². The van der Waals surface area contributed by atoms with Crippen LogP contribution in [-0.2, 0) is 4.79 Å². The first-order valence-electron chi connectivity index (χ1n) is 8.14. The molecule has 0 radical (unpaired) electrons. The zero-order valence-corrected chi connectivity index (χ0v) is 14.4. The maximum atomic E-state index is 12.2. The van der Waals surface area contributed by atoms with Gasteiger partial charge in [-0.1, -0.05) is 12.1 Å². The molecule has 2 aromatic carbocycles. The van der Waals surface area contributed by atoms with Gasteiger partial charge in [-0.2, -0.15) is 0 Å². The molecule has 0 atom stereocenters. The van der Waals surface area contributed by atoms with Gasteiger partial charge >= 0.3 is 0 Å².